The molecule has 1 atom stereocenters. The Hall–Kier alpha value is -1.35. The molecule has 1 aliphatic heterocycles. The maximum atomic E-state index is 12.6. The van der Waals surface area contributed by atoms with Crippen LogP contribution in [0.3, 0.4) is 0 Å². The van der Waals surface area contributed by atoms with E-state index in [1.54, 1.807) is 14.0 Å². The molecule has 1 aliphatic rings. The molecule has 0 spiro atoms. The summed E-state index contributed by atoms with van der Waals surface area (Å²) in [5, 5.41) is 6.80. The van der Waals surface area contributed by atoms with Crippen LogP contribution in [0, 0.1) is 3.57 Å². The van der Waals surface area contributed by atoms with Crippen molar-refractivity contribution in [2.45, 2.75) is 32.7 Å². The fourth-order valence-electron chi connectivity index (χ4n) is 2.68. The number of thiocarbonyl (C=S) groups is 1. The topological polar surface area (TPSA) is 59.6 Å². The molecule has 1 heterocycles. The average molecular weight is 460 g/mol. The Morgan fingerprint density at radius 2 is 2.12 bits per heavy atom. The normalized spacial score (nSPS) is 17.2. The van der Waals surface area contributed by atoms with E-state index in [0.717, 1.165) is 27.7 Å². The zero-order valence-corrected chi connectivity index (χ0v) is 16.9. The molecule has 0 aliphatic carbocycles. The van der Waals surface area contributed by atoms with Gasteiger partial charge in [0.1, 0.15) is 5.75 Å². The minimum Gasteiger partial charge on any atom is -0.496 e. The molecule has 2 N–H and O–H groups in total. The van der Waals surface area contributed by atoms with Crippen molar-refractivity contribution >= 4 is 45.9 Å². The van der Waals surface area contributed by atoms with Gasteiger partial charge < -0.3 is 20.1 Å². The van der Waals surface area contributed by atoms with Crippen LogP contribution in [0.5, 0.6) is 5.75 Å². The molecule has 1 unspecified atom stereocenters. The van der Waals surface area contributed by atoms with Gasteiger partial charge in [0.15, 0.2) is 5.11 Å². The predicted molar refractivity (Wildman–Crippen MR) is 106 cm³/mol. The summed E-state index contributed by atoms with van der Waals surface area (Å²) in [5.41, 5.74) is 2.24. The van der Waals surface area contributed by atoms with E-state index >= 15 is 0 Å². The molecular formula is C17H21IN2O3S. The van der Waals surface area contributed by atoms with Gasteiger partial charge in [-0.15, -0.1) is 0 Å². The van der Waals surface area contributed by atoms with E-state index in [1.165, 1.54) is 0 Å². The summed E-state index contributed by atoms with van der Waals surface area (Å²) in [5.74, 6) is 0.365. The van der Waals surface area contributed by atoms with Gasteiger partial charge >= 0.3 is 5.97 Å². The highest BCUT2D eigenvalue weighted by atomic mass is 127. The smallest absolute Gasteiger partial charge is 0.338 e. The molecular weight excluding hydrogens is 439 g/mol. The third kappa shape index (κ3) is 4.18. The van der Waals surface area contributed by atoms with E-state index in [-0.39, 0.29) is 5.97 Å². The second-order valence-corrected chi connectivity index (χ2v) is 6.93. The lowest BCUT2D eigenvalue weighted by molar-refractivity contribution is -0.139. The second kappa shape index (κ2) is 8.66. The maximum absolute atomic E-state index is 12.6. The van der Waals surface area contributed by atoms with E-state index in [0.29, 0.717) is 23.0 Å². The van der Waals surface area contributed by atoms with E-state index in [2.05, 4.69) is 40.1 Å². The number of rotatable bonds is 6. The van der Waals surface area contributed by atoms with Gasteiger partial charge in [-0.1, -0.05) is 13.3 Å². The number of esters is 1. The number of halogens is 1. The molecule has 24 heavy (non-hydrogen) atoms. The van der Waals surface area contributed by atoms with E-state index < -0.39 is 6.04 Å². The molecule has 7 heteroatoms. The predicted octanol–water partition coefficient (Wildman–Crippen LogP) is 3.44. The summed E-state index contributed by atoms with van der Waals surface area (Å²) in [7, 11) is 1.62. The Bertz CT molecular complexity index is 676. The largest absolute Gasteiger partial charge is 0.496 e. The number of ether oxygens (including phenoxy) is 2. The van der Waals surface area contributed by atoms with Gasteiger partial charge in [0.25, 0.3) is 0 Å². The summed E-state index contributed by atoms with van der Waals surface area (Å²) in [6, 6.07) is 5.45. The van der Waals surface area contributed by atoms with Gasteiger partial charge in [-0.3, -0.25) is 0 Å². The van der Waals surface area contributed by atoms with Crippen LogP contribution in [0.25, 0.3) is 0 Å². The monoisotopic (exact) mass is 460 g/mol. The van der Waals surface area contributed by atoms with Crippen molar-refractivity contribution in [3.63, 3.8) is 0 Å². The second-order valence-electron chi connectivity index (χ2n) is 5.28. The third-order valence-electron chi connectivity index (χ3n) is 3.65. The summed E-state index contributed by atoms with van der Waals surface area (Å²) in [4.78, 5) is 12.6. The number of benzene rings is 1. The van der Waals surface area contributed by atoms with Crippen LogP contribution in [0.4, 0.5) is 0 Å². The van der Waals surface area contributed by atoms with E-state index in [1.807, 2.05) is 18.2 Å². The summed E-state index contributed by atoms with van der Waals surface area (Å²) in [6.07, 6.45) is 1.61. The van der Waals surface area contributed by atoms with Crippen LogP contribution < -0.4 is 15.4 Å². The number of carbonyl (C=O) groups is 1. The lowest BCUT2D eigenvalue weighted by Gasteiger charge is -2.31. The van der Waals surface area contributed by atoms with Crippen molar-refractivity contribution < 1.29 is 14.3 Å². The quantitative estimate of drug-likeness (QED) is 0.386. The van der Waals surface area contributed by atoms with E-state index in [9.17, 15) is 4.79 Å². The van der Waals surface area contributed by atoms with Crippen LogP contribution in [0.2, 0.25) is 0 Å². The molecule has 5 nitrogen and oxygen atoms in total. The molecule has 0 saturated heterocycles. The van der Waals surface area contributed by atoms with Crippen molar-refractivity contribution in [2.75, 3.05) is 13.7 Å². The number of methoxy groups -OCH3 is 1. The lowest BCUT2D eigenvalue weighted by atomic mass is 9.93. The Kier molecular flexibility index (Phi) is 6.85. The Balaban J connectivity index is 2.59. The van der Waals surface area contributed by atoms with Crippen molar-refractivity contribution in [2.24, 2.45) is 0 Å². The summed E-state index contributed by atoms with van der Waals surface area (Å²) in [6.45, 7) is 4.18. The molecule has 130 valence electrons. The third-order valence-corrected chi connectivity index (χ3v) is 4.54. The summed E-state index contributed by atoms with van der Waals surface area (Å²) >= 11 is 7.58. The molecule has 0 saturated carbocycles. The number of allylic oxidation sites excluding steroid dienone is 1. The van der Waals surface area contributed by atoms with Crippen LogP contribution in [-0.4, -0.2) is 24.8 Å². The first kappa shape index (κ1) is 19.0. The first-order valence-electron chi connectivity index (χ1n) is 7.82. The highest BCUT2D eigenvalue weighted by molar-refractivity contribution is 14.1. The maximum Gasteiger partial charge on any atom is 0.338 e. The fourth-order valence-corrected chi connectivity index (χ4v) is 3.44. The number of carbonyl (C=O) groups excluding carboxylic acids is 1. The summed E-state index contributed by atoms with van der Waals surface area (Å²) < 4.78 is 11.8. The first-order chi connectivity index (χ1) is 11.5. The number of hydrogen-bond acceptors (Lipinski definition) is 4. The standard InChI is InChI=1S/C17H21IN2O3S/c1-4-6-12-14(16(21)23-5-2)15(20-17(24)19-12)11-9-10(18)7-8-13(11)22-3/h7-9,15H,4-6H2,1-3H3,(H2,19,20,24). The lowest BCUT2D eigenvalue weighted by Crippen LogP contribution is -2.46. The van der Waals surface area contributed by atoms with Crippen LogP contribution in [0.1, 0.15) is 38.3 Å². The fraction of sp³-hybridized carbons (Fsp3) is 0.412. The molecule has 0 radical (unpaired) electrons. The first-order valence-corrected chi connectivity index (χ1v) is 9.31. The highest BCUT2D eigenvalue weighted by Gasteiger charge is 2.33. The molecule has 2 rings (SSSR count). The van der Waals surface area contributed by atoms with Crippen molar-refractivity contribution in [1.29, 1.82) is 0 Å². The van der Waals surface area contributed by atoms with Crippen LogP contribution in [-0.2, 0) is 9.53 Å². The molecule has 0 fully saturated rings. The van der Waals surface area contributed by atoms with E-state index in [4.69, 9.17) is 21.7 Å². The Labute approximate surface area is 161 Å². The molecule has 1 aromatic carbocycles. The van der Waals surface area contributed by atoms with Gasteiger partial charge in [-0.05, 0) is 66.4 Å². The van der Waals surface area contributed by atoms with Gasteiger partial charge in [0, 0.05) is 14.8 Å². The van der Waals surface area contributed by atoms with Crippen molar-refractivity contribution in [3.05, 3.63) is 38.6 Å². The van der Waals surface area contributed by atoms with Gasteiger partial charge in [-0.2, -0.15) is 0 Å². The minimum absolute atomic E-state index is 0.322. The van der Waals surface area contributed by atoms with Crippen molar-refractivity contribution in [3.8, 4) is 5.75 Å². The minimum atomic E-state index is -0.399. The SMILES string of the molecule is CCCC1=C(C(=O)OCC)C(c2cc(I)ccc2OC)NC(=S)N1. The Morgan fingerprint density at radius 3 is 2.75 bits per heavy atom. The average Bonchev–Trinajstić information content (AvgIpc) is 2.54. The molecule has 1 aromatic rings. The van der Waals surface area contributed by atoms with Gasteiger partial charge in [0.05, 0.1) is 25.3 Å². The van der Waals surface area contributed by atoms with Crippen LogP contribution >= 0.6 is 34.8 Å². The molecule has 0 aromatic heterocycles. The zero-order chi connectivity index (χ0) is 17.7. The van der Waals surface area contributed by atoms with Crippen LogP contribution in [0.15, 0.2) is 29.5 Å². The van der Waals surface area contributed by atoms with Gasteiger partial charge in [-0.25, -0.2) is 4.79 Å². The molecule has 0 bridgehead atoms. The Morgan fingerprint density at radius 1 is 1.38 bits per heavy atom. The number of nitrogens with one attached hydrogen (secondary N) is 2. The van der Waals surface area contributed by atoms with Crippen molar-refractivity contribution in [1.82, 2.24) is 10.6 Å². The highest BCUT2D eigenvalue weighted by Crippen LogP contribution is 2.35. The van der Waals surface area contributed by atoms with Gasteiger partial charge in [0.2, 0.25) is 0 Å². The molecule has 0 amide bonds. The number of hydrogen-bond donors (Lipinski definition) is 2. The zero-order valence-electron chi connectivity index (χ0n) is 13.9.